The second-order valence-corrected chi connectivity index (χ2v) is 6.02. The molecular formula is C24H24O8. The first-order chi connectivity index (χ1) is 15.2. The molecule has 8 heteroatoms. The van der Waals surface area contributed by atoms with Crippen molar-refractivity contribution in [1.82, 2.24) is 0 Å². The van der Waals surface area contributed by atoms with Crippen molar-refractivity contribution in [3.05, 3.63) is 97.1 Å². The van der Waals surface area contributed by atoms with Crippen molar-refractivity contribution in [3.8, 4) is 46.0 Å². The van der Waals surface area contributed by atoms with Crippen LogP contribution in [-0.4, -0.2) is 40.9 Å². The van der Waals surface area contributed by atoms with Crippen LogP contribution in [0.15, 0.2) is 97.1 Å². The van der Waals surface area contributed by atoms with Crippen LogP contribution in [0.25, 0.3) is 0 Å². The summed E-state index contributed by atoms with van der Waals surface area (Å²) in [5.41, 5.74) is 0. The van der Waals surface area contributed by atoms with Crippen LogP contribution in [0.2, 0.25) is 0 Å². The number of hydrogen-bond donors (Lipinski definition) is 8. The Bertz CT molecular complexity index is 919. The third kappa shape index (κ3) is 10.7. The van der Waals surface area contributed by atoms with Crippen LogP contribution in [0.5, 0.6) is 46.0 Å². The molecule has 168 valence electrons. The lowest BCUT2D eigenvalue weighted by atomic mass is 10.3. The van der Waals surface area contributed by atoms with Crippen LogP contribution in [-0.2, 0) is 0 Å². The largest absolute Gasteiger partial charge is 0.508 e. The SMILES string of the molecule is Oc1cccc(O)c1.Oc1cccc(O)c1.Oc1ccccc1O.Oc1ccccc1O. The van der Waals surface area contributed by atoms with Gasteiger partial charge in [-0.25, -0.2) is 0 Å². The number of benzene rings is 4. The number of aromatic hydroxyl groups is 8. The first kappa shape index (κ1) is 25.3. The van der Waals surface area contributed by atoms with E-state index in [9.17, 15) is 0 Å². The molecule has 4 rings (SSSR count). The highest BCUT2D eigenvalue weighted by atomic mass is 16.3. The molecule has 0 saturated heterocycles. The van der Waals surface area contributed by atoms with Crippen molar-refractivity contribution in [1.29, 1.82) is 0 Å². The topological polar surface area (TPSA) is 162 Å². The maximum atomic E-state index is 8.67. The van der Waals surface area contributed by atoms with E-state index in [0.29, 0.717) is 0 Å². The Morgan fingerprint density at radius 2 is 0.500 bits per heavy atom. The van der Waals surface area contributed by atoms with E-state index in [-0.39, 0.29) is 46.0 Å². The van der Waals surface area contributed by atoms with Crippen molar-refractivity contribution in [3.63, 3.8) is 0 Å². The third-order valence-electron chi connectivity index (χ3n) is 3.42. The van der Waals surface area contributed by atoms with Crippen molar-refractivity contribution < 1.29 is 40.9 Å². The van der Waals surface area contributed by atoms with Crippen molar-refractivity contribution in [2.75, 3.05) is 0 Å². The van der Waals surface area contributed by atoms with Gasteiger partial charge in [0.05, 0.1) is 0 Å². The Labute approximate surface area is 184 Å². The van der Waals surface area contributed by atoms with E-state index in [1.165, 1.54) is 60.7 Å². The zero-order valence-electron chi connectivity index (χ0n) is 16.8. The standard InChI is InChI=1S/4C6H6O2/c2*7-5-2-1-3-6(8)4-5;2*7-5-3-1-2-4-6(5)8/h4*1-4,7-8H. The quantitative estimate of drug-likeness (QED) is 0.187. The monoisotopic (exact) mass is 440 g/mol. The maximum Gasteiger partial charge on any atom is 0.157 e. The fourth-order valence-electron chi connectivity index (χ4n) is 1.91. The summed E-state index contributed by atoms with van der Waals surface area (Å²) < 4.78 is 0. The van der Waals surface area contributed by atoms with Crippen molar-refractivity contribution in [2.45, 2.75) is 0 Å². The molecule has 0 unspecified atom stereocenters. The summed E-state index contributed by atoms with van der Waals surface area (Å²) in [5, 5.41) is 69.3. The number of hydrogen-bond acceptors (Lipinski definition) is 8. The van der Waals surface area contributed by atoms with Gasteiger partial charge in [0.1, 0.15) is 23.0 Å². The Morgan fingerprint density at radius 3 is 0.625 bits per heavy atom. The second kappa shape index (κ2) is 13.5. The van der Waals surface area contributed by atoms with Crippen LogP contribution in [0.4, 0.5) is 0 Å². The van der Waals surface area contributed by atoms with E-state index in [1.54, 1.807) is 36.4 Å². The van der Waals surface area contributed by atoms with Gasteiger partial charge in [0.15, 0.2) is 23.0 Å². The van der Waals surface area contributed by atoms with Crippen molar-refractivity contribution in [2.24, 2.45) is 0 Å². The molecule has 0 amide bonds. The minimum atomic E-state index is -0.0764. The number of phenolic OH excluding ortho intramolecular Hbond substituents is 8. The van der Waals surface area contributed by atoms with Gasteiger partial charge in [-0.2, -0.15) is 0 Å². The van der Waals surface area contributed by atoms with Gasteiger partial charge in [-0.05, 0) is 48.5 Å². The molecule has 0 aliphatic carbocycles. The summed E-state index contributed by atoms with van der Waals surface area (Å²) in [7, 11) is 0. The normalized spacial score (nSPS) is 9.00. The smallest absolute Gasteiger partial charge is 0.157 e. The van der Waals surface area contributed by atoms with Gasteiger partial charge < -0.3 is 40.9 Å². The van der Waals surface area contributed by atoms with Gasteiger partial charge in [0.25, 0.3) is 0 Å². The van der Waals surface area contributed by atoms with Gasteiger partial charge in [-0.3, -0.25) is 0 Å². The van der Waals surface area contributed by atoms with Crippen LogP contribution in [0.1, 0.15) is 0 Å². The van der Waals surface area contributed by atoms with Crippen LogP contribution in [0.3, 0.4) is 0 Å². The lowest BCUT2D eigenvalue weighted by Crippen LogP contribution is -1.63. The zero-order valence-corrected chi connectivity index (χ0v) is 16.8. The van der Waals surface area contributed by atoms with Gasteiger partial charge in [-0.15, -0.1) is 0 Å². The Morgan fingerprint density at radius 1 is 0.281 bits per heavy atom. The molecule has 0 aromatic heterocycles. The molecule has 0 saturated carbocycles. The molecule has 8 N–H and O–H groups in total. The molecule has 0 bridgehead atoms. The third-order valence-corrected chi connectivity index (χ3v) is 3.42. The van der Waals surface area contributed by atoms with E-state index in [1.807, 2.05) is 0 Å². The molecule has 4 aromatic rings. The van der Waals surface area contributed by atoms with Gasteiger partial charge in [0.2, 0.25) is 0 Å². The Hall–Kier alpha value is -4.72. The van der Waals surface area contributed by atoms with Crippen LogP contribution in [0, 0.1) is 0 Å². The van der Waals surface area contributed by atoms with E-state index in [4.69, 9.17) is 40.9 Å². The molecule has 0 fully saturated rings. The molecule has 0 aliphatic rings. The number of rotatable bonds is 0. The average molecular weight is 440 g/mol. The van der Waals surface area contributed by atoms with Crippen LogP contribution < -0.4 is 0 Å². The van der Waals surface area contributed by atoms with E-state index in [2.05, 4.69) is 0 Å². The van der Waals surface area contributed by atoms with Gasteiger partial charge in [0, 0.05) is 12.1 Å². The Kier molecular flexibility index (Phi) is 10.7. The predicted molar refractivity (Wildman–Crippen MR) is 119 cm³/mol. The minimum Gasteiger partial charge on any atom is -0.508 e. The molecule has 4 aromatic carbocycles. The fraction of sp³-hybridized carbons (Fsp3) is 0. The lowest BCUT2D eigenvalue weighted by molar-refractivity contribution is 0.404. The maximum absolute atomic E-state index is 8.67. The lowest BCUT2D eigenvalue weighted by Gasteiger charge is -1.91. The number of para-hydroxylation sites is 4. The second-order valence-electron chi connectivity index (χ2n) is 6.02. The highest BCUT2D eigenvalue weighted by Crippen LogP contribution is 2.22. The summed E-state index contributed by atoms with van der Waals surface area (Å²) >= 11 is 0. The fourth-order valence-corrected chi connectivity index (χ4v) is 1.91. The summed E-state index contributed by atoms with van der Waals surface area (Å²) in [6, 6.07) is 24.0. The molecule has 0 atom stereocenters. The summed E-state index contributed by atoms with van der Waals surface area (Å²) in [4.78, 5) is 0. The average Bonchev–Trinajstić information content (AvgIpc) is 2.74. The molecule has 32 heavy (non-hydrogen) atoms. The highest BCUT2D eigenvalue weighted by Gasteiger charge is 1.91. The molecule has 0 aliphatic heterocycles. The molecular weight excluding hydrogens is 416 g/mol. The Balaban J connectivity index is 0.000000213. The van der Waals surface area contributed by atoms with Gasteiger partial charge in [-0.1, -0.05) is 36.4 Å². The summed E-state index contributed by atoms with van der Waals surface area (Å²) in [6.45, 7) is 0. The highest BCUT2D eigenvalue weighted by molar-refractivity contribution is 5.37. The van der Waals surface area contributed by atoms with Gasteiger partial charge >= 0.3 is 0 Å². The summed E-state index contributed by atoms with van der Waals surface area (Å²) in [5.74, 6) is 0.0463. The minimum absolute atomic E-state index is 0.0764. The zero-order chi connectivity index (χ0) is 23.9. The molecule has 0 heterocycles. The number of phenols is 8. The first-order valence-corrected chi connectivity index (χ1v) is 9.09. The molecule has 0 radical (unpaired) electrons. The van der Waals surface area contributed by atoms with E-state index in [0.717, 1.165) is 0 Å². The predicted octanol–water partition coefficient (Wildman–Crippen LogP) is 4.39. The van der Waals surface area contributed by atoms with Crippen LogP contribution >= 0.6 is 0 Å². The summed E-state index contributed by atoms with van der Waals surface area (Å²) in [6.07, 6.45) is 0. The van der Waals surface area contributed by atoms with E-state index >= 15 is 0 Å². The first-order valence-electron chi connectivity index (χ1n) is 9.09. The molecule has 0 spiro atoms. The molecule has 8 nitrogen and oxygen atoms in total. The van der Waals surface area contributed by atoms with Crippen molar-refractivity contribution >= 4 is 0 Å². The van der Waals surface area contributed by atoms with E-state index < -0.39 is 0 Å².